The van der Waals surface area contributed by atoms with E-state index in [2.05, 4.69) is 17.2 Å². The second-order valence-electron chi connectivity index (χ2n) is 9.30. The lowest BCUT2D eigenvalue weighted by molar-refractivity contribution is -0.121. The minimum Gasteiger partial charge on any atom is -0.396 e. The van der Waals surface area contributed by atoms with Gasteiger partial charge in [0, 0.05) is 23.7 Å². The van der Waals surface area contributed by atoms with E-state index in [0.29, 0.717) is 6.42 Å². The lowest BCUT2D eigenvalue weighted by atomic mass is 9.54. The number of nitriles is 1. The van der Waals surface area contributed by atoms with Crippen molar-refractivity contribution in [2.45, 2.75) is 38.0 Å². The summed E-state index contributed by atoms with van der Waals surface area (Å²) < 4.78 is 14.4. The minimum absolute atomic E-state index is 0.114. The predicted octanol–water partition coefficient (Wildman–Crippen LogP) is 4.66. The zero-order valence-electron chi connectivity index (χ0n) is 19.0. The van der Waals surface area contributed by atoms with Crippen LogP contribution in [0.2, 0.25) is 0 Å². The number of nitrogens with zero attached hydrogens (tertiary/aromatic N) is 2. The van der Waals surface area contributed by atoms with Gasteiger partial charge in [0.1, 0.15) is 11.9 Å². The number of ketones is 1. The van der Waals surface area contributed by atoms with Gasteiger partial charge in [-0.3, -0.25) is 9.89 Å². The number of Topliss-reactive ketones (excluding diaryl/α,β-unsaturated/α-hetero) is 1. The molecule has 5 rings (SSSR count). The SMILES string of the molecule is CC1C(=O)C(C#N)=CC2(c3cccc(F)c3)c3[nH]nc(-c4cccc(CCCO)c4)c3CCC12. The van der Waals surface area contributed by atoms with Gasteiger partial charge in [0.2, 0.25) is 0 Å². The van der Waals surface area contributed by atoms with Crippen LogP contribution in [0, 0.1) is 29.0 Å². The quantitative estimate of drug-likeness (QED) is 0.586. The van der Waals surface area contributed by atoms with Gasteiger partial charge >= 0.3 is 0 Å². The van der Waals surface area contributed by atoms with E-state index in [0.717, 1.165) is 52.9 Å². The van der Waals surface area contributed by atoms with Crippen LogP contribution in [0.5, 0.6) is 0 Å². The number of halogens is 1. The maximum absolute atomic E-state index is 14.4. The maximum atomic E-state index is 14.4. The highest BCUT2D eigenvalue weighted by Crippen LogP contribution is 2.54. The topological polar surface area (TPSA) is 89.8 Å². The smallest absolute Gasteiger partial charge is 0.176 e. The molecule has 3 aromatic rings. The molecule has 0 saturated heterocycles. The summed E-state index contributed by atoms with van der Waals surface area (Å²) in [4.78, 5) is 12.9. The molecular formula is C28H26FN3O2. The molecule has 2 N–H and O–H groups in total. The van der Waals surface area contributed by atoms with Crippen molar-refractivity contribution in [1.82, 2.24) is 10.2 Å². The molecule has 0 saturated carbocycles. The molecule has 0 fully saturated rings. The Morgan fingerprint density at radius 1 is 1.26 bits per heavy atom. The van der Waals surface area contributed by atoms with Crippen molar-refractivity contribution in [3.05, 3.63) is 88.4 Å². The molecule has 172 valence electrons. The van der Waals surface area contributed by atoms with Crippen LogP contribution in [0.3, 0.4) is 0 Å². The van der Waals surface area contributed by atoms with Gasteiger partial charge in [-0.2, -0.15) is 10.4 Å². The van der Waals surface area contributed by atoms with Gasteiger partial charge in [0.05, 0.1) is 22.4 Å². The van der Waals surface area contributed by atoms with E-state index >= 15 is 0 Å². The lowest BCUT2D eigenvalue weighted by Gasteiger charge is -2.47. The van der Waals surface area contributed by atoms with E-state index in [-0.39, 0.29) is 35.6 Å². The molecule has 1 aromatic heterocycles. The largest absolute Gasteiger partial charge is 0.396 e. The van der Waals surface area contributed by atoms with Crippen molar-refractivity contribution < 1.29 is 14.3 Å². The summed E-state index contributed by atoms with van der Waals surface area (Å²) in [6.07, 6.45) is 4.67. The molecule has 0 spiro atoms. The molecule has 0 radical (unpaired) electrons. The van der Waals surface area contributed by atoms with Gasteiger partial charge in [0.15, 0.2) is 5.78 Å². The lowest BCUT2D eigenvalue weighted by Crippen LogP contribution is -2.48. The van der Waals surface area contributed by atoms with Gasteiger partial charge in [-0.05, 0) is 67.0 Å². The second-order valence-corrected chi connectivity index (χ2v) is 9.30. The van der Waals surface area contributed by atoms with Gasteiger partial charge < -0.3 is 5.11 Å². The predicted molar refractivity (Wildman–Crippen MR) is 126 cm³/mol. The zero-order chi connectivity index (χ0) is 23.9. The Labute approximate surface area is 197 Å². The van der Waals surface area contributed by atoms with E-state index in [1.165, 1.54) is 12.1 Å². The molecule has 3 unspecified atom stereocenters. The van der Waals surface area contributed by atoms with Crippen LogP contribution in [-0.2, 0) is 23.1 Å². The number of nitrogens with one attached hydrogen (secondary N) is 1. The molecule has 5 nitrogen and oxygen atoms in total. The highest BCUT2D eigenvalue weighted by molar-refractivity contribution is 6.02. The summed E-state index contributed by atoms with van der Waals surface area (Å²) in [6, 6.07) is 16.7. The van der Waals surface area contributed by atoms with Crippen molar-refractivity contribution in [3.63, 3.8) is 0 Å². The van der Waals surface area contributed by atoms with Gasteiger partial charge in [-0.15, -0.1) is 0 Å². The maximum Gasteiger partial charge on any atom is 0.176 e. The minimum atomic E-state index is -0.839. The first-order chi connectivity index (χ1) is 16.5. The monoisotopic (exact) mass is 455 g/mol. The third kappa shape index (κ3) is 3.39. The highest BCUT2D eigenvalue weighted by Gasteiger charge is 2.53. The normalized spacial score (nSPS) is 23.6. The Bertz CT molecular complexity index is 1340. The Kier molecular flexibility index (Phi) is 5.66. The molecule has 1 heterocycles. The van der Waals surface area contributed by atoms with Crippen LogP contribution in [0.25, 0.3) is 11.3 Å². The molecule has 0 amide bonds. The van der Waals surface area contributed by atoms with E-state index in [9.17, 15) is 19.6 Å². The van der Waals surface area contributed by atoms with Crippen molar-refractivity contribution >= 4 is 5.78 Å². The highest BCUT2D eigenvalue weighted by atomic mass is 19.1. The van der Waals surface area contributed by atoms with Crippen LogP contribution in [0.15, 0.2) is 60.2 Å². The third-order valence-corrected chi connectivity index (χ3v) is 7.47. The molecule has 0 aliphatic heterocycles. The van der Waals surface area contributed by atoms with E-state index in [1.54, 1.807) is 12.1 Å². The van der Waals surface area contributed by atoms with Crippen molar-refractivity contribution in [3.8, 4) is 17.3 Å². The number of H-pyrrole nitrogens is 1. The van der Waals surface area contributed by atoms with E-state index in [4.69, 9.17) is 5.10 Å². The van der Waals surface area contributed by atoms with Crippen LogP contribution in [0.1, 0.15) is 42.1 Å². The van der Waals surface area contributed by atoms with Crippen molar-refractivity contribution in [2.24, 2.45) is 11.8 Å². The second kappa shape index (κ2) is 8.66. The Morgan fingerprint density at radius 3 is 2.85 bits per heavy atom. The van der Waals surface area contributed by atoms with Crippen LogP contribution in [-0.4, -0.2) is 27.7 Å². The molecule has 34 heavy (non-hydrogen) atoms. The summed E-state index contributed by atoms with van der Waals surface area (Å²) in [5.74, 6) is -0.995. The summed E-state index contributed by atoms with van der Waals surface area (Å²) in [6.45, 7) is 2.02. The van der Waals surface area contributed by atoms with Crippen LogP contribution < -0.4 is 0 Å². The van der Waals surface area contributed by atoms with Gasteiger partial charge in [0.25, 0.3) is 0 Å². The number of aromatic amines is 1. The fourth-order valence-corrected chi connectivity index (χ4v) is 5.89. The van der Waals surface area contributed by atoms with Crippen molar-refractivity contribution in [2.75, 3.05) is 6.61 Å². The first kappa shape index (κ1) is 22.2. The number of aliphatic hydroxyl groups is 1. The molecule has 6 heteroatoms. The molecule has 2 aliphatic rings. The number of allylic oxidation sites excluding steroid dienone is 2. The number of carbonyl (C=O) groups excluding carboxylic acids is 1. The van der Waals surface area contributed by atoms with Gasteiger partial charge in [-0.25, -0.2) is 4.39 Å². The number of aromatic nitrogens is 2. The van der Waals surface area contributed by atoms with Crippen molar-refractivity contribution in [1.29, 1.82) is 5.26 Å². The average Bonchev–Trinajstić information content (AvgIpc) is 3.30. The summed E-state index contributed by atoms with van der Waals surface area (Å²) >= 11 is 0. The first-order valence-corrected chi connectivity index (χ1v) is 11.7. The number of aryl methyl sites for hydroxylation is 1. The first-order valence-electron chi connectivity index (χ1n) is 11.7. The summed E-state index contributed by atoms with van der Waals surface area (Å²) in [7, 11) is 0. The molecule has 2 aromatic carbocycles. The summed E-state index contributed by atoms with van der Waals surface area (Å²) in [5, 5.41) is 26.9. The van der Waals surface area contributed by atoms with E-state index < -0.39 is 5.41 Å². The fraction of sp³-hybridized carbons (Fsp3) is 0.321. The van der Waals surface area contributed by atoms with E-state index in [1.807, 2.05) is 31.2 Å². The zero-order valence-corrected chi connectivity index (χ0v) is 19.0. The third-order valence-electron chi connectivity index (χ3n) is 7.47. The standard InChI is InChI=1S/C28H26FN3O2/c1-17-24-11-10-23-25(19-7-2-5-18(13-19)6-4-12-33)31-32-27(23)28(24,15-20(16-30)26(17)34)21-8-3-9-22(29)14-21/h2-3,5,7-9,13-15,17,24,33H,4,6,10-12H2,1H3,(H,31,32). The average molecular weight is 456 g/mol. The van der Waals surface area contributed by atoms with Gasteiger partial charge in [-0.1, -0.05) is 37.3 Å². The van der Waals surface area contributed by atoms with Crippen LogP contribution >= 0.6 is 0 Å². The number of aliphatic hydroxyl groups excluding tert-OH is 1. The molecule has 2 aliphatic carbocycles. The Hall–Kier alpha value is -3.56. The molecular weight excluding hydrogens is 429 g/mol. The fourth-order valence-electron chi connectivity index (χ4n) is 5.89. The number of benzene rings is 2. The number of fused-ring (bicyclic) bond motifs is 3. The Balaban J connectivity index is 1.72. The molecule has 0 bridgehead atoms. The van der Waals surface area contributed by atoms with Crippen LogP contribution in [0.4, 0.5) is 4.39 Å². The Morgan fingerprint density at radius 2 is 2.09 bits per heavy atom. The molecule has 3 atom stereocenters. The number of hydrogen-bond donors (Lipinski definition) is 2. The number of carbonyl (C=O) groups is 1. The summed E-state index contributed by atoms with van der Waals surface area (Å²) in [5.41, 5.74) is 4.80. The number of hydrogen-bond acceptors (Lipinski definition) is 4. The number of rotatable bonds is 5.